The highest BCUT2D eigenvalue weighted by molar-refractivity contribution is 6.30. The average Bonchev–Trinajstić information content (AvgIpc) is 3.43. The van der Waals surface area contributed by atoms with Crippen molar-refractivity contribution in [2.45, 2.75) is 25.3 Å². The number of hydrogen-bond donors (Lipinski definition) is 1. The topological polar surface area (TPSA) is 90.1 Å². The minimum Gasteiger partial charge on any atom is -0.465 e. The molecule has 2 heterocycles. The molecule has 138 valence electrons. The van der Waals surface area contributed by atoms with Gasteiger partial charge in [-0.25, -0.2) is 4.79 Å². The first-order valence-corrected chi connectivity index (χ1v) is 8.93. The maximum Gasteiger partial charge on any atom is 0.339 e. The maximum absolute atomic E-state index is 11.9. The first kappa shape index (κ1) is 17.5. The van der Waals surface area contributed by atoms with Crippen LogP contribution in [0.15, 0.2) is 40.9 Å². The van der Waals surface area contributed by atoms with Gasteiger partial charge in [0.1, 0.15) is 0 Å². The second-order valence-corrected chi connectivity index (χ2v) is 6.72. The number of pyridine rings is 1. The summed E-state index contributed by atoms with van der Waals surface area (Å²) < 4.78 is 10.1. The molecule has 0 radical (unpaired) electrons. The van der Waals surface area contributed by atoms with Crippen LogP contribution in [0.3, 0.4) is 0 Å². The predicted octanol–water partition coefficient (Wildman–Crippen LogP) is 4.06. The molecule has 0 atom stereocenters. The summed E-state index contributed by atoms with van der Waals surface area (Å²) >= 11 is 5.99. The van der Waals surface area contributed by atoms with Gasteiger partial charge in [0.2, 0.25) is 5.82 Å². The lowest BCUT2D eigenvalue weighted by Gasteiger charge is -2.09. The van der Waals surface area contributed by atoms with Crippen LogP contribution >= 0.6 is 11.6 Å². The van der Waals surface area contributed by atoms with Crippen molar-refractivity contribution in [1.82, 2.24) is 15.1 Å². The molecule has 0 unspecified atom stereocenters. The van der Waals surface area contributed by atoms with Crippen LogP contribution in [0.5, 0.6) is 0 Å². The SMILES string of the molecule is COC(=O)c1ccc(CNc2nc(-c3cccc(Cl)c3)no2)nc1C1CC1. The molecule has 1 aromatic carbocycles. The van der Waals surface area contributed by atoms with E-state index in [1.165, 1.54) is 7.11 Å². The maximum atomic E-state index is 11.9. The van der Waals surface area contributed by atoms with E-state index in [4.69, 9.17) is 20.9 Å². The molecule has 0 spiro atoms. The third kappa shape index (κ3) is 3.93. The molecule has 1 N–H and O–H groups in total. The second-order valence-electron chi connectivity index (χ2n) is 6.29. The Hall–Kier alpha value is -2.93. The number of ether oxygens (including phenoxy) is 1. The van der Waals surface area contributed by atoms with Crippen LogP contribution < -0.4 is 5.32 Å². The number of halogens is 1. The number of anilines is 1. The fraction of sp³-hybridized carbons (Fsp3) is 0.263. The number of nitrogens with zero attached hydrogens (tertiary/aromatic N) is 3. The fourth-order valence-electron chi connectivity index (χ4n) is 2.77. The standard InChI is InChI=1S/C19H17ClN4O3/c1-26-18(25)15-8-7-14(22-16(15)11-5-6-11)10-21-19-23-17(24-27-19)12-3-2-4-13(20)9-12/h2-4,7-9,11H,5-6,10H2,1H3,(H,21,23,24). The molecule has 1 aliphatic carbocycles. The fourth-order valence-corrected chi connectivity index (χ4v) is 2.96. The van der Waals surface area contributed by atoms with Gasteiger partial charge in [0.05, 0.1) is 30.6 Å². The van der Waals surface area contributed by atoms with Crippen LogP contribution in [-0.2, 0) is 11.3 Å². The number of carbonyl (C=O) groups excluding carboxylic acids is 1. The predicted molar refractivity (Wildman–Crippen MR) is 99.6 cm³/mol. The number of aromatic nitrogens is 3. The van der Waals surface area contributed by atoms with Crippen LogP contribution in [0.25, 0.3) is 11.4 Å². The van der Waals surface area contributed by atoms with Crippen molar-refractivity contribution in [2.75, 3.05) is 12.4 Å². The minimum absolute atomic E-state index is 0.289. The van der Waals surface area contributed by atoms with Gasteiger partial charge in [-0.15, -0.1) is 0 Å². The van der Waals surface area contributed by atoms with E-state index in [9.17, 15) is 4.79 Å². The number of benzene rings is 1. The summed E-state index contributed by atoms with van der Waals surface area (Å²) in [7, 11) is 1.38. The molecule has 8 heteroatoms. The molecule has 27 heavy (non-hydrogen) atoms. The molecular weight excluding hydrogens is 368 g/mol. The summed E-state index contributed by atoms with van der Waals surface area (Å²) in [5, 5.41) is 7.62. The van der Waals surface area contributed by atoms with E-state index in [-0.39, 0.29) is 12.0 Å². The van der Waals surface area contributed by atoms with Crippen molar-refractivity contribution in [2.24, 2.45) is 0 Å². The molecule has 1 aliphatic rings. The minimum atomic E-state index is -0.355. The molecule has 3 aromatic rings. The van der Waals surface area contributed by atoms with Gasteiger partial charge >= 0.3 is 12.0 Å². The van der Waals surface area contributed by atoms with Crippen LogP contribution in [0.4, 0.5) is 6.01 Å². The van der Waals surface area contributed by atoms with Crippen molar-refractivity contribution in [3.63, 3.8) is 0 Å². The van der Waals surface area contributed by atoms with Crippen LogP contribution in [0.2, 0.25) is 5.02 Å². The lowest BCUT2D eigenvalue weighted by Crippen LogP contribution is -2.10. The molecule has 4 rings (SSSR count). The summed E-state index contributed by atoms with van der Waals surface area (Å²) in [5.74, 6) is 0.427. The van der Waals surface area contributed by atoms with Gasteiger partial charge < -0.3 is 14.6 Å². The number of esters is 1. The van der Waals surface area contributed by atoms with Crippen molar-refractivity contribution in [3.05, 3.63) is 58.4 Å². The number of hydrogen-bond acceptors (Lipinski definition) is 7. The highest BCUT2D eigenvalue weighted by Crippen LogP contribution is 2.40. The van der Waals surface area contributed by atoms with E-state index >= 15 is 0 Å². The quantitative estimate of drug-likeness (QED) is 0.641. The van der Waals surface area contributed by atoms with Crippen molar-refractivity contribution in [3.8, 4) is 11.4 Å². The Bertz CT molecular complexity index is 985. The third-order valence-electron chi connectivity index (χ3n) is 4.28. The van der Waals surface area contributed by atoms with E-state index in [1.807, 2.05) is 12.1 Å². The van der Waals surface area contributed by atoms with E-state index in [1.54, 1.807) is 24.3 Å². The summed E-state index contributed by atoms with van der Waals surface area (Å²) in [6.45, 7) is 0.401. The van der Waals surface area contributed by atoms with Crippen molar-refractivity contribution in [1.29, 1.82) is 0 Å². The largest absolute Gasteiger partial charge is 0.465 e. The van der Waals surface area contributed by atoms with Gasteiger partial charge in [-0.05, 0) is 37.1 Å². The zero-order valence-corrected chi connectivity index (χ0v) is 15.4. The monoisotopic (exact) mass is 384 g/mol. The van der Waals surface area contributed by atoms with Gasteiger partial charge in [-0.2, -0.15) is 4.98 Å². The Labute approximate surface area is 160 Å². The molecule has 2 aromatic heterocycles. The summed E-state index contributed by atoms with van der Waals surface area (Å²) in [4.78, 5) is 20.8. The summed E-state index contributed by atoms with van der Waals surface area (Å²) in [6.07, 6.45) is 2.08. The molecule has 0 aliphatic heterocycles. The summed E-state index contributed by atoms with van der Waals surface area (Å²) in [6, 6.07) is 11.1. The molecular formula is C19H17ClN4O3. The smallest absolute Gasteiger partial charge is 0.339 e. The lowest BCUT2D eigenvalue weighted by atomic mass is 10.1. The number of carbonyl (C=O) groups is 1. The van der Waals surface area contributed by atoms with E-state index in [2.05, 4.69) is 20.4 Å². The third-order valence-corrected chi connectivity index (χ3v) is 4.52. The van der Waals surface area contributed by atoms with Gasteiger partial charge in [0, 0.05) is 16.5 Å². The zero-order valence-electron chi connectivity index (χ0n) is 14.6. The number of nitrogens with one attached hydrogen (secondary N) is 1. The van der Waals surface area contributed by atoms with Crippen LogP contribution in [0.1, 0.15) is 40.5 Å². The molecule has 7 nitrogen and oxygen atoms in total. The van der Waals surface area contributed by atoms with Crippen molar-refractivity contribution < 1.29 is 14.1 Å². The molecule has 0 amide bonds. The van der Waals surface area contributed by atoms with Gasteiger partial charge in [0.25, 0.3) is 0 Å². The van der Waals surface area contributed by atoms with E-state index in [0.29, 0.717) is 28.9 Å². The van der Waals surface area contributed by atoms with Gasteiger partial charge in [-0.1, -0.05) is 28.9 Å². The van der Waals surface area contributed by atoms with Gasteiger partial charge in [-0.3, -0.25) is 4.98 Å². The van der Waals surface area contributed by atoms with E-state index < -0.39 is 0 Å². The lowest BCUT2D eigenvalue weighted by molar-refractivity contribution is 0.0598. The van der Waals surface area contributed by atoms with Crippen molar-refractivity contribution >= 4 is 23.6 Å². The Morgan fingerprint density at radius 3 is 2.89 bits per heavy atom. The Kier molecular flexibility index (Phi) is 4.77. The number of methoxy groups -OCH3 is 1. The molecule has 1 fully saturated rings. The van der Waals surface area contributed by atoms with Crippen LogP contribution in [0, 0.1) is 0 Å². The zero-order chi connectivity index (χ0) is 18.8. The highest BCUT2D eigenvalue weighted by atomic mass is 35.5. The Morgan fingerprint density at radius 1 is 1.30 bits per heavy atom. The second kappa shape index (κ2) is 7.36. The molecule has 1 saturated carbocycles. The Balaban J connectivity index is 1.48. The highest BCUT2D eigenvalue weighted by Gasteiger charge is 2.30. The first-order chi connectivity index (χ1) is 13.1. The van der Waals surface area contributed by atoms with E-state index in [0.717, 1.165) is 29.8 Å². The normalized spacial score (nSPS) is 13.4. The first-order valence-electron chi connectivity index (χ1n) is 8.55. The summed E-state index contributed by atoms with van der Waals surface area (Å²) in [5.41, 5.74) is 2.89. The van der Waals surface area contributed by atoms with Crippen LogP contribution in [-0.4, -0.2) is 28.2 Å². The number of rotatable bonds is 6. The molecule has 0 bridgehead atoms. The Morgan fingerprint density at radius 2 is 2.15 bits per heavy atom. The average molecular weight is 385 g/mol. The molecule has 0 saturated heterocycles. The van der Waals surface area contributed by atoms with Gasteiger partial charge in [0.15, 0.2) is 0 Å².